The van der Waals surface area contributed by atoms with Crippen molar-refractivity contribution >= 4 is 0 Å². The molecular formula is C15H19N3O2. The summed E-state index contributed by atoms with van der Waals surface area (Å²) in [4.78, 5) is 11.9. The molecule has 20 heavy (non-hydrogen) atoms. The van der Waals surface area contributed by atoms with Gasteiger partial charge in [0.2, 0.25) is 0 Å². The fourth-order valence-corrected chi connectivity index (χ4v) is 1.71. The normalized spacial score (nSPS) is 12.2. The van der Waals surface area contributed by atoms with Crippen LogP contribution in [0.2, 0.25) is 0 Å². The molecule has 1 atom stereocenters. The predicted octanol–water partition coefficient (Wildman–Crippen LogP) is 1.33. The lowest BCUT2D eigenvalue weighted by atomic mass is 10.1. The number of rotatable bonds is 5. The van der Waals surface area contributed by atoms with Gasteiger partial charge in [-0.2, -0.15) is 5.10 Å². The molecule has 0 aliphatic heterocycles. The molecule has 2 aromatic rings. The molecule has 106 valence electrons. The fourth-order valence-electron chi connectivity index (χ4n) is 1.71. The Morgan fingerprint density at radius 3 is 2.65 bits per heavy atom. The van der Waals surface area contributed by atoms with Crippen LogP contribution in [0.3, 0.4) is 0 Å². The molecule has 0 aliphatic carbocycles. The van der Waals surface area contributed by atoms with Gasteiger partial charge in [0.1, 0.15) is 12.4 Å². The van der Waals surface area contributed by atoms with Crippen molar-refractivity contribution in [3.05, 3.63) is 58.0 Å². The molecule has 1 aromatic carbocycles. The number of aromatic nitrogens is 2. The van der Waals surface area contributed by atoms with Crippen LogP contribution in [0.25, 0.3) is 0 Å². The molecule has 0 saturated carbocycles. The van der Waals surface area contributed by atoms with Crippen LogP contribution in [-0.2, 0) is 6.54 Å². The second-order valence-electron chi connectivity index (χ2n) is 4.96. The van der Waals surface area contributed by atoms with Crippen molar-refractivity contribution in [1.82, 2.24) is 9.78 Å². The second kappa shape index (κ2) is 6.34. The highest BCUT2D eigenvalue weighted by Gasteiger charge is 2.03. The lowest BCUT2D eigenvalue weighted by molar-refractivity contribution is 0.293. The molecule has 2 N–H and O–H groups in total. The van der Waals surface area contributed by atoms with E-state index in [9.17, 15) is 4.79 Å². The summed E-state index contributed by atoms with van der Waals surface area (Å²) in [5.74, 6) is 0.451. The van der Waals surface area contributed by atoms with Crippen molar-refractivity contribution in [2.45, 2.75) is 26.4 Å². The molecule has 0 amide bonds. The van der Waals surface area contributed by atoms with Crippen LogP contribution in [-0.4, -0.2) is 22.4 Å². The van der Waals surface area contributed by atoms with Crippen LogP contribution in [0.5, 0.6) is 5.75 Å². The van der Waals surface area contributed by atoms with Crippen molar-refractivity contribution in [1.29, 1.82) is 0 Å². The van der Waals surface area contributed by atoms with Crippen LogP contribution < -0.4 is 16.0 Å². The first-order valence-electron chi connectivity index (χ1n) is 6.55. The minimum Gasteiger partial charge on any atom is -0.490 e. The number of ether oxygens (including phenoxy) is 1. The Labute approximate surface area is 118 Å². The maximum atomic E-state index is 11.9. The van der Waals surface area contributed by atoms with Gasteiger partial charge < -0.3 is 10.5 Å². The minimum atomic E-state index is -0.187. The third-order valence-electron chi connectivity index (χ3n) is 2.81. The van der Waals surface area contributed by atoms with Gasteiger partial charge in [-0.05, 0) is 19.4 Å². The summed E-state index contributed by atoms with van der Waals surface area (Å²) in [7, 11) is 0. The van der Waals surface area contributed by atoms with E-state index in [0.717, 1.165) is 5.56 Å². The van der Waals surface area contributed by atoms with E-state index in [4.69, 9.17) is 10.5 Å². The van der Waals surface area contributed by atoms with Crippen LogP contribution >= 0.6 is 0 Å². The molecule has 1 unspecified atom stereocenters. The SMILES string of the molecule is Cc1ccc(Cn2ncc(OCC(C)N)cc2=O)cc1. The van der Waals surface area contributed by atoms with Gasteiger partial charge >= 0.3 is 0 Å². The number of benzene rings is 1. The first-order valence-corrected chi connectivity index (χ1v) is 6.55. The Balaban J connectivity index is 2.09. The third-order valence-corrected chi connectivity index (χ3v) is 2.81. The molecule has 2 rings (SSSR count). The van der Waals surface area contributed by atoms with Gasteiger partial charge in [0, 0.05) is 12.1 Å². The van der Waals surface area contributed by atoms with E-state index < -0.39 is 0 Å². The van der Waals surface area contributed by atoms with Crippen LogP contribution in [0.4, 0.5) is 0 Å². The van der Waals surface area contributed by atoms with E-state index in [1.807, 2.05) is 38.1 Å². The summed E-state index contributed by atoms with van der Waals surface area (Å²) in [6, 6.07) is 9.36. The van der Waals surface area contributed by atoms with Crippen molar-refractivity contribution in [3.8, 4) is 5.75 Å². The molecule has 0 spiro atoms. The second-order valence-corrected chi connectivity index (χ2v) is 4.96. The molecule has 5 nitrogen and oxygen atoms in total. The Morgan fingerprint density at radius 1 is 1.35 bits per heavy atom. The quantitative estimate of drug-likeness (QED) is 0.892. The molecule has 0 saturated heterocycles. The van der Waals surface area contributed by atoms with E-state index in [1.54, 1.807) is 0 Å². The largest absolute Gasteiger partial charge is 0.490 e. The first kappa shape index (κ1) is 14.3. The van der Waals surface area contributed by atoms with Gasteiger partial charge in [-0.1, -0.05) is 29.8 Å². The number of hydrogen-bond acceptors (Lipinski definition) is 4. The number of aryl methyl sites for hydroxylation is 1. The highest BCUT2D eigenvalue weighted by Crippen LogP contribution is 2.06. The van der Waals surface area contributed by atoms with Crippen molar-refractivity contribution < 1.29 is 4.74 Å². The van der Waals surface area contributed by atoms with Gasteiger partial charge in [0.15, 0.2) is 0 Å². The molecule has 1 heterocycles. The minimum absolute atomic E-state index is 0.0787. The van der Waals surface area contributed by atoms with E-state index in [0.29, 0.717) is 18.9 Å². The molecule has 5 heteroatoms. The Kier molecular flexibility index (Phi) is 4.53. The number of nitrogens with zero attached hydrogens (tertiary/aromatic N) is 2. The maximum Gasteiger partial charge on any atom is 0.270 e. The summed E-state index contributed by atoms with van der Waals surface area (Å²) >= 11 is 0. The lowest BCUT2D eigenvalue weighted by Gasteiger charge is -2.09. The number of nitrogens with two attached hydrogens (primary N) is 1. The van der Waals surface area contributed by atoms with Gasteiger partial charge in [0.25, 0.3) is 5.56 Å². The summed E-state index contributed by atoms with van der Waals surface area (Å²) < 4.78 is 6.77. The van der Waals surface area contributed by atoms with Gasteiger partial charge in [-0.15, -0.1) is 0 Å². The zero-order valence-corrected chi connectivity index (χ0v) is 11.7. The fraction of sp³-hybridized carbons (Fsp3) is 0.333. The first-order chi connectivity index (χ1) is 9.54. The van der Waals surface area contributed by atoms with E-state index in [-0.39, 0.29) is 11.6 Å². The zero-order valence-electron chi connectivity index (χ0n) is 11.7. The standard InChI is InChI=1S/C15H19N3O2/c1-11-3-5-13(6-4-11)9-18-15(19)7-14(8-17-18)20-10-12(2)16/h3-8,12H,9-10,16H2,1-2H3. The van der Waals surface area contributed by atoms with Gasteiger partial charge in [0.05, 0.1) is 12.7 Å². The molecule has 0 aliphatic rings. The molecule has 0 bridgehead atoms. The monoisotopic (exact) mass is 273 g/mol. The Hall–Kier alpha value is -2.14. The average Bonchev–Trinajstić information content (AvgIpc) is 2.41. The summed E-state index contributed by atoms with van der Waals surface area (Å²) in [5.41, 5.74) is 7.63. The summed E-state index contributed by atoms with van der Waals surface area (Å²) in [5, 5.41) is 4.11. The van der Waals surface area contributed by atoms with Crippen molar-refractivity contribution in [3.63, 3.8) is 0 Å². The molecule has 0 radical (unpaired) electrons. The smallest absolute Gasteiger partial charge is 0.270 e. The lowest BCUT2D eigenvalue weighted by Crippen LogP contribution is -2.26. The number of hydrogen-bond donors (Lipinski definition) is 1. The summed E-state index contributed by atoms with van der Waals surface area (Å²) in [6.07, 6.45) is 1.54. The zero-order chi connectivity index (χ0) is 14.5. The highest BCUT2D eigenvalue weighted by atomic mass is 16.5. The van der Waals surface area contributed by atoms with Crippen LogP contribution in [0, 0.1) is 6.92 Å². The Morgan fingerprint density at radius 2 is 2.05 bits per heavy atom. The van der Waals surface area contributed by atoms with Crippen molar-refractivity contribution in [2.24, 2.45) is 5.73 Å². The van der Waals surface area contributed by atoms with Gasteiger partial charge in [-0.25, -0.2) is 4.68 Å². The Bertz CT molecular complexity index is 618. The maximum absolute atomic E-state index is 11.9. The topological polar surface area (TPSA) is 70.1 Å². The predicted molar refractivity (Wildman–Crippen MR) is 77.9 cm³/mol. The van der Waals surface area contributed by atoms with Crippen LogP contribution in [0.15, 0.2) is 41.3 Å². The highest BCUT2D eigenvalue weighted by molar-refractivity contribution is 5.22. The van der Waals surface area contributed by atoms with E-state index in [2.05, 4.69) is 5.10 Å². The molecule has 0 fully saturated rings. The summed E-state index contributed by atoms with van der Waals surface area (Å²) in [6.45, 7) is 4.68. The average molecular weight is 273 g/mol. The van der Waals surface area contributed by atoms with E-state index >= 15 is 0 Å². The van der Waals surface area contributed by atoms with Crippen LogP contribution in [0.1, 0.15) is 18.1 Å². The van der Waals surface area contributed by atoms with Crippen molar-refractivity contribution in [2.75, 3.05) is 6.61 Å². The molecular weight excluding hydrogens is 254 g/mol. The third kappa shape index (κ3) is 3.93. The van der Waals surface area contributed by atoms with Gasteiger partial charge in [-0.3, -0.25) is 4.79 Å². The van der Waals surface area contributed by atoms with E-state index in [1.165, 1.54) is 22.5 Å². The molecule has 1 aromatic heterocycles.